The van der Waals surface area contributed by atoms with Gasteiger partial charge in [0.2, 0.25) is 0 Å². The van der Waals surface area contributed by atoms with Gasteiger partial charge in [-0.15, -0.1) is 0 Å². The quantitative estimate of drug-likeness (QED) is 0.698. The molecule has 0 unspecified atom stereocenters. The fourth-order valence-corrected chi connectivity index (χ4v) is 4.18. The van der Waals surface area contributed by atoms with Crippen LogP contribution in [0, 0.1) is 10.8 Å². The minimum atomic E-state index is -0.715. The molecule has 3 heteroatoms. The van der Waals surface area contributed by atoms with E-state index in [1.165, 1.54) is 15.4 Å². The highest BCUT2D eigenvalue weighted by molar-refractivity contribution is 8.11. The fraction of sp³-hybridized carbons (Fsp3) is 0.450. The lowest BCUT2D eigenvalue weighted by Gasteiger charge is -2.27. The lowest BCUT2D eigenvalue weighted by atomic mass is 9.86. The molecule has 1 aromatic rings. The second kappa shape index (κ2) is 6.96. The first-order valence-corrected chi connectivity index (χ1v) is 8.92. The molecule has 1 heterocycles. The normalized spacial score (nSPS) is 17.4. The highest BCUT2D eigenvalue weighted by atomic mass is 32.2. The second-order valence-corrected chi connectivity index (χ2v) is 8.62. The van der Waals surface area contributed by atoms with Crippen LogP contribution in [0.25, 0.3) is 4.91 Å². The van der Waals surface area contributed by atoms with Gasteiger partial charge in [-0.3, -0.25) is 4.79 Å². The molecule has 2 nitrogen and oxygen atoms in total. The Labute approximate surface area is 143 Å². The van der Waals surface area contributed by atoms with E-state index in [-0.39, 0.29) is 5.41 Å². The molecule has 1 aliphatic rings. The first-order chi connectivity index (χ1) is 10.7. The third-order valence-electron chi connectivity index (χ3n) is 4.14. The summed E-state index contributed by atoms with van der Waals surface area (Å²) in [6.45, 7) is 8.04. The zero-order valence-electron chi connectivity index (χ0n) is 14.4. The number of hydrogen-bond donors (Lipinski definition) is 1. The van der Waals surface area contributed by atoms with Crippen LogP contribution in [-0.4, -0.2) is 11.1 Å². The lowest BCUT2D eigenvalue weighted by molar-refractivity contribution is -0.147. The van der Waals surface area contributed by atoms with Crippen LogP contribution in [0.15, 0.2) is 47.4 Å². The fourth-order valence-electron chi connectivity index (χ4n) is 2.67. The molecule has 0 aromatic heterocycles. The van der Waals surface area contributed by atoms with Crippen LogP contribution in [0.5, 0.6) is 0 Å². The Bertz CT molecular complexity index is 624. The van der Waals surface area contributed by atoms with Gasteiger partial charge in [0.1, 0.15) is 0 Å². The minimum Gasteiger partial charge on any atom is -0.481 e. The topological polar surface area (TPSA) is 37.3 Å². The average Bonchev–Trinajstić information content (AvgIpc) is 2.46. The van der Waals surface area contributed by atoms with Crippen molar-refractivity contribution in [1.29, 1.82) is 0 Å². The van der Waals surface area contributed by atoms with Crippen molar-refractivity contribution < 1.29 is 9.90 Å². The van der Waals surface area contributed by atoms with Crippen molar-refractivity contribution in [2.24, 2.45) is 10.8 Å². The van der Waals surface area contributed by atoms with Gasteiger partial charge in [-0.1, -0.05) is 68.1 Å². The van der Waals surface area contributed by atoms with Gasteiger partial charge in [-0.25, -0.2) is 0 Å². The lowest BCUT2D eigenvalue weighted by Crippen LogP contribution is -2.23. The van der Waals surface area contributed by atoms with Crippen LogP contribution in [0.1, 0.15) is 52.5 Å². The van der Waals surface area contributed by atoms with Gasteiger partial charge in [-0.2, -0.15) is 0 Å². The number of allylic oxidation sites excluding steroid dienone is 3. The van der Waals surface area contributed by atoms with E-state index in [9.17, 15) is 9.90 Å². The molecule has 0 atom stereocenters. The Hall–Kier alpha value is -1.48. The summed E-state index contributed by atoms with van der Waals surface area (Å²) in [6, 6.07) is 10.5. The number of aliphatic carboxylic acids is 1. The molecular formula is C20H26O2S. The zero-order chi connectivity index (χ0) is 17.1. The Morgan fingerprint density at radius 1 is 1.17 bits per heavy atom. The van der Waals surface area contributed by atoms with Gasteiger partial charge in [0.15, 0.2) is 0 Å². The molecule has 0 saturated carbocycles. The number of carboxylic acid groups (broad SMARTS) is 1. The van der Waals surface area contributed by atoms with Crippen molar-refractivity contribution in [2.45, 2.75) is 47.0 Å². The van der Waals surface area contributed by atoms with Crippen molar-refractivity contribution in [3.05, 3.63) is 53.0 Å². The molecule has 0 saturated heterocycles. The first-order valence-electron chi connectivity index (χ1n) is 8.11. The van der Waals surface area contributed by atoms with Crippen LogP contribution in [-0.2, 0) is 4.79 Å². The van der Waals surface area contributed by atoms with E-state index >= 15 is 0 Å². The molecule has 23 heavy (non-hydrogen) atoms. The smallest absolute Gasteiger partial charge is 0.309 e. The van der Waals surface area contributed by atoms with E-state index in [1.807, 2.05) is 17.8 Å². The molecule has 1 N–H and O–H groups in total. The van der Waals surface area contributed by atoms with Crippen molar-refractivity contribution in [3.8, 4) is 0 Å². The summed E-state index contributed by atoms with van der Waals surface area (Å²) in [5, 5.41) is 9.22. The Balaban J connectivity index is 2.04. The molecule has 1 aromatic carbocycles. The molecule has 0 fully saturated rings. The molecule has 1 aliphatic heterocycles. The molecule has 124 valence electrons. The zero-order valence-corrected chi connectivity index (χ0v) is 15.2. The van der Waals surface area contributed by atoms with Gasteiger partial charge in [0.25, 0.3) is 0 Å². The number of rotatable bonds is 6. The molecule has 2 rings (SSSR count). The van der Waals surface area contributed by atoms with E-state index in [0.29, 0.717) is 6.42 Å². The van der Waals surface area contributed by atoms with Gasteiger partial charge in [0, 0.05) is 10.3 Å². The highest BCUT2D eigenvalue weighted by Crippen LogP contribution is 2.45. The molecule has 0 radical (unpaired) electrons. The van der Waals surface area contributed by atoms with E-state index < -0.39 is 11.4 Å². The predicted octanol–water partition coefficient (Wildman–Crippen LogP) is 5.97. The summed E-state index contributed by atoms with van der Waals surface area (Å²) in [5.74, 6) is -0.715. The number of hydrogen-bond acceptors (Lipinski definition) is 2. The third-order valence-corrected chi connectivity index (χ3v) is 5.30. The minimum absolute atomic E-state index is 0.0358. The third kappa shape index (κ3) is 5.00. The molecule has 0 aliphatic carbocycles. The Morgan fingerprint density at radius 2 is 1.83 bits per heavy atom. The largest absolute Gasteiger partial charge is 0.481 e. The molecule has 0 amide bonds. The van der Waals surface area contributed by atoms with Crippen LogP contribution >= 0.6 is 11.8 Å². The van der Waals surface area contributed by atoms with Crippen molar-refractivity contribution in [1.82, 2.24) is 0 Å². The number of benzene rings is 1. The summed E-state index contributed by atoms with van der Waals surface area (Å²) < 4.78 is 0. The first kappa shape index (κ1) is 17.9. The van der Waals surface area contributed by atoms with Crippen LogP contribution in [0.4, 0.5) is 0 Å². The van der Waals surface area contributed by atoms with Gasteiger partial charge >= 0.3 is 5.97 Å². The Kier molecular flexibility index (Phi) is 5.41. The van der Waals surface area contributed by atoms with Crippen molar-refractivity contribution in [3.63, 3.8) is 0 Å². The van der Waals surface area contributed by atoms with Crippen molar-refractivity contribution >= 4 is 22.6 Å². The predicted molar refractivity (Wildman–Crippen MR) is 99.1 cm³/mol. The standard InChI is InChI=1S/C20H26O2S/c1-19(2)13-16(11-8-12-20(3,4)18(21)22)23-17(14-19)15-9-6-5-7-10-15/h5-7,9-10,13-14H,8,11-12H2,1-4H3,(H,21,22). The van der Waals surface area contributed by atoms with E-state index in [4.69, 9.17) is 0 Å². The van der Waals surface area contributed by atoms with Gasteiger partial charge in [-0.05, 0) is 43.6 Å². The van der Waals surface area contributed by atoms with E-state index in [1.54, 1.807) is 13.8 Å². The molecular weight excluding hydrogens is 304 g/mol. The SMILES string of the molecule is CC1(C)C=C(CCCC(C)(C)C(=O)O)SC(c2ccccc2)=C1. The van der Waals surface area contributed by atoms with E-state index in [0.717, 1.165) is 12.8 Å². The summed E-state index contributed by atoms with van der Waals surface area (Å²) in [6.07, 6.45) is 7.17. The maximum Gasteiger partial charge on any atom is 0.309 e. The summed E-state index contributed by atoms with van der Waals surface area (Å²) >= 11 is 1.82. The summed E-state index contributed by atoms with van der Waals surface area (Å²) in [7, 11) is 0. The monoisotopic (exact) mass is 330 g/mol. The van der Waals surface area contributed by atoms with E-state index in [2.05, 4.69) is 50.3 Å². The maximum absolute atomic E-state index is 11.2. The Morgan fingerprint density at radius 3 is 2.43 bits per heavy atom. The summed E-state index contributed by atoms with van der Waals surface area (Å²) in [5.41, 5.74) is 0.642. The highest BCUT2D eigenvalue weighted by Gasteiger charge is 2.27. The number of carbonyl (C=O) groups is 1. The molecule has 0 bridgehead atoms. The number of carboxylic acids is 1. The van der Waals surface area contributed by atoms with Gasteiger partial charge in [0.05, 0.1) is 5.41 Å². The van der Waals surface area contributed by atoms with Crippen LogP contribution < -0.4 is 0 Å². The average molecular weight is 330 g/mol. The maximum atomic E-state index is 11.2. The van der Waals surface area contributed by atoms with Crippen molar-refractivity contribution in [2.75, 3.05) is 0 Å². The number of thioether (sulfide) groups is 1. The van der Waals surface area contributed by atoms with Gasteiger partial charge < -0.3 is 5.11 Å². The van der Waals surface area contributed by atoms with Crippen LogP contribution in [0.3, 0.4) is 0 Å². The summed E-state index contributed by atoms with van der Waals surface area (Å²) in [4.78, 5) is 13.9. The molecule has 0 spiro atoms. The second-order valence-electron chi connectivity index (χ2n) is 7.45. The van der Waals surface area contributed by atoms with Crippen LogP contribution in [0.2, 0.25) is 0 Å².